The second-order valence-corrected chi connectivity index (χ2v) is 6.17. The lowest BCUT2D eigenvalue weighted by molar-refractivity contribution is -0.137. The van der Waals surface area contributed by atoms with Crippen molar-refractivity contribution < 1.29 is 26.9 Å². The minimum Gasteiger partial charge on any atom is -0.339 e. The predicted molar refractivity (Wildman–Crippen MR) is 93.1 cm³/mol. The van der Waals surface area contributed by atoms with Crippen molar-refractivity contribution in [3.05, 3.63) is 64.8 Å². The van der Waals surface area contributed by atoms with E-state index in [4.69, 9.17) is 16.1 Å². The molecule has 0 radical (unpaired) electrons. The Bertz CT molecular complexity index is 987. The van der Waals surface area contributed by atoms with Crippen molar-refractivity contribution in [3.63, 3.8) is 0 Å². The van der Waals surface area contributed by atoms with Gasteiger partial charge in [0.25, 0.3) is 0 Å². The highest BCUT2D eigenvalue weighted by Crippen LogP contribution is 2.33. The summed E-state index contributed by atoms with van der Waals surface area (Å²) in [4.78, 5) is 16.1. The zero-order valence-corrected chi connectivity index (χ0v) is 14.8. The average Bonchev–Trinajstić information content (AvgIpc) is 3.10. The number of halogens is 5. The number of aromatic nitrogens is 2. The van der Waals surface area contributed by atoms with Gasteiger partial charge >= 0.3 is 6.18 Å². The van der Waals surface area contributed by atoms with Crippen LogP contribution in [0.5, 0.6) is 0 Å². The van der Waals surface area contributed by atoms with Crippen molar-refractivity contribution in [1.82, 2.24) is 10.1 Å². The summed E-state index contributed by atoms with van der Waals surface area (Å²) in [6.07, 6.45) is -4.60. The molecule has 3 aromatic rings. The largest absolute Gasteiger partial charge is 0.416 e. The van der Waals surface area contributed by atoms with Gasteiger partial charge in [0.15, 0.2) is 0 Å². The predicted octanol–water partition coefficient (Wildman–Crippen LogP) is 5.12. The molecule has 0 unspecified atom stereocenters. The van der Waals surface area contributed by atoms with E-state index in [2.05, 4.69) is 15.5 Å². The molecule has 0 saturated carbocycles. The molecule has 0 fully saturated rings. The van der Waals surface area contributed by atoms with E-state index in [1.165, 1.54) is 24.3 Å². The van der Waals surface area contributed by atoms with Gasteiger partial charge in [0.2, 0.25) is 17.6 Å². The monoisotopic (exact) mass is 413 g/mol. The summed E-state index contributed by atoms with van der Waals surface area (Å²) in [5.41, 5.74) is -0.524. The first-order chi connectivity index (χ1) is 13.2. The number of nitrogens with one attached hydrogen (secondary N) is 1. The van der Waals surface area contributed by atoms with Crippen LogP contribution in [-0.2, 0) is 17.4 Å². The maximum Gasteiger partial charge on any atom is 0.416 e. The quantitative estimate of drug-likeness (QED) is 0.589. The highest BCUT2D eigenvalue weighted by molar-refractivity contribution is 6.33. The summed E-state index contributed by atoms with van der Waals surface area (Å²) in [6.45, 7) is 0. The van der Waals surface area contributed by atoms with E-state index in [-0.39, 0.29) is 35.3 Å². The summed E-state index contributed by atoms with van der Waals surface area (Å²) in [6, 6.07) is 8.10. The number of anilines is 1. The van der Waals surface area contributed by atoms with Crippen LogP contribution in [0.2, 0.25) is 5.02 Å². The number of hydrogen-bond donors (Lipinski definition) is 1. The molecule has 0 aliphatic carbocycles. The van der Waals surface area contributed by atoms with Crippen LogP contribution >= 0.6 is 11.6 Å². The molecule has 1 heterocycles. The molecule has 0 aliphatic rings. The Morgan fingerprint density at radius 3 is 2.54 bits per heavy atom. The third-order valence-corrected chi connectivity index (χ3v) is 4.03. The van der Waals surface area contributed by atoms with E-state index < -0.39 is 23.5 Å². The average molecular weight is 414 g/mol. The molecular formula is C18H12ClF4N3O2. The van der Waals surface area contributed by atoms with Crippen molar-refractivity contribution in [2.75, 3.05) is 5.32 Å². The Labute approximate surface area is 161 Å². The molecular weight excluding hydrogens is 402 g/mol. The van der Waals surface area contributed by atoms with Crippen molar-refractivity contribution in [1.29, 1.82) is 0 Å². The van der Waals surface area contributed by atoms with Crippen LogP contribution in [0, 0.1) is 5.82 Å². The van der Waals surface area contributed by atoms with Gasteiger partial charge in [-0.1, -0.05) is 16.8 Å². The van der Waals surface area contributed by atoms with E-state index in [9.17, 15) is 22.4 Å². The van der Waals surface area contributed by atoms with Gasteiger partial charge in [-0.2, -0.15) is 18.2 Å². The normalized spacial score (nSPS) is 11.5. The minimum absolute atomic E-state index is 0.0160. The van der Waals surface area contributed by atoms with Gasteiger partial charge in [0.1, 0.15) is 5.82 Å². The van der Waals surface area contributed by atoms with Crippen LogP contribution in [0.3, 0.4) is 0 Å². The first-order valence-electron chi connectivity index (χ1n) is 7.97. The molecule has 0 aliphatic heterocycles. The molecule has 0 atom stereocenters. The Hall–Kier alpha value is -2.94. The molecule has 28 heavy (non-hydrogen) atoms. The summed E-state index contributed by atoms with van der Waals surface area (Å²) in [7, 11) is 0. The number of alkyl halides is 3. The van der Waals surface area contributed by atoms with Crippen LogP contribution in [0.25, 0.3) is 11.4 Å². The van der Waals surface area contributed by atoms with Gasteiger partial charge in [-0.25, -0.2) is 4.39 Å². The lowest BCUT2D eigenvalue weighted by Gasteiger charge is -2.11. The Morgan fingerprint density at radius 2 is 1.86 bits per heavy atom. The molecule has 1 N–H and O–H groups in total. The Morgan fingerprint density at radius 1 is 1.14 bits per heavy atom. The van der Waals surface area contributed by atoms with Gasteiger partial charge in [-0.3, -0.25) is 4.79 Å². The van der Waals surface area contributed by atoms with Crippen molar-refractivity contribution in [3.8, 4) is 11.4 Å². The number of benzene rings is 2. The number of amides is 1. The number of nitrogens with zero attached hydrogens (tertiary/aromatic N) is 2. The lowest BCUT2D eigenvalue weighted by Crippen LogP contribution is -2.14. The Balaban J connectivity index is 1.61. The van der Waals surface area contributed by atoms with Crippen LogP contribution < -0.4 is 5.32 Å². The highest BCUT2D eigenvalue weighted by Gasteiger charge is 2.31. The summed E-state index contributed by atoms with van der Waals surface area (Å²) < 4.78 is 56.3. The summed E-state index contributed by atoms with van der Waals surface area (Å²) >= 11 is 5.84. The molecule has 1 aromatic heterocycles. The first-order valence-corrected chi connectivity index (χ1v) is 8.35. The standard InChI is InChI=1S/C18H12ClF4N3O2/c19-13-6-3-11(18(21,22)23)9-14(13)24-15(27)7-8-16-25-17(26-28-16)10-1-4-12(20)5-2-10/h1-6,9H,7-8H2,(H,24,27). The van der Waals surface area contributed by atoms with Crippen molar-refractivity contribution >= 4 is 23.2 Å². The van der Waals surface area contributed by atoms with E-state index >= 15 is 0 Å². The van der Waals surface area contributed by atoms with Gasteiger partial charge in [-0.05, 0) is 42.5 Å². The topological polar surface area (TPSA) is 68.0 Å². The molecule has 3 rings (SSSR count). The van der Waals surface area contributed by atoms with Crippen LogP contribution in [0.15, 0.2) is 47.0 Å². The maximum absolute atomic E-state index is 12.9. The lowest BCUT2D eigenvalue weighted by atomic mass is 10.2. The second kappa shape index (κ2) is 7.97. The maximum atomic E-state index is 12.9. The van der Waals surface area contributed by atoms with Gasteiger partial charge < -0.3 is 9.84 Å². The highest BCUT2D eigenvalue weighted by atomic mass is 35.5. The number of carbonyl (C=O) groups is 1. The Kier molecular flexibility index (Phi) is 5.64. The fourth-order valence-electron chi connectivity index (χ4n) is 2.30. The molecule has 5 nitrogen and oxygen atoms in total. The zero-order valence-electron chi connectivity index (χ0n) is 14.1. The van der Waals surface area contributed by atoms with Crippen molar-refractivity contribution in [2.24, 2.45) is 0 Å². The summed E-state index contributed by atoms with van der Waals surface area (Å²) in [5, 5.41) is 6.06. The number of hydrogen-bond acceptors (Lipinski definition) is 4. The molecule has 1 amide bonds. The third kappa shape index (κ3) is 4.86. The smallest absolute Gasteiger partial charge is 0.339 e. The number of carbonyl (C=O) groups excluding carboxylic acids is 1. The van der Waals surface area contributed by atoms with E-state index in [1.54, 1.807) is 0 Å². The number of rotatable bonds is 5. The van der Waals surface area contributed by atoms with Crippen LogP contribution in [0.4, 0.5) is 23.2 Å². The molecule has 10 heteroatoms. The molecule has 146 valence electrons. The molecule has 0 saturated heterocycles. The van der Waals surface area contributed by atoms with Gasteiger partial charge in [-0.15, -0.1) is 0 Å². The first kappa shape index (κ1) is 19.8. The fourth-order valence-corrected chi connectivity index (χ4v) is 2.47. The van der Waals surface area contributed by atoms with Crippen LogP contribution in [-0.4, -0.2) is 16.0 Å². The van der Waals surface area contributed by atoms with E-state index in [0.29, 0.717) is 5.56 Å². The second-order valence-electron chi connectivity index (χ2n) is 5.76. The van der Waals surface area contributed by atoms with Crippen molar-refractivity contribution in [2.45, 2.75) is 19.0 Å². The van der Waals surface area contributed by atoms with Gasteiger partial charge in [0, 0.05) is 18.4 Å². The van der Waals surface area contributed by atoms with E-state index in [1.807, 2.05) is 0 Å². The SMILES string of the molecule is O=C(CCc1nc(-c2ccc(F)cc2)no1)Nc1cc(C(F)(F)F)ccc1Cl. The minimum atomic E-state index is -4.55. The van der Waals surface area contributed by atoms with Gasteiger partial charge in [0.05, 0.1) is 16.3 Å². The third-order valence-electron chi connectivity index (χ3n) is 3.70. The zero-order chi connectivity index (χ0) is 20.3. The molecule has 0 spiro atoms. The number of aryl methyl sites for hydroxylation is 1. The molecule has 0 bridgehead atoms. The van der Waals surface area contributed by atoms with E-state index in [0.717, 1.165) is 18.2 Å². The summed E-state index contributed by atoms with van der Waals surface area (Å²) in [5.74, 6) is -0.582. The molecule has 2 aromatic carbocycles. The van der Waals surface area contributed by atoms with Crippen LogP contribution in [0.1, 0.15) is 17.9 Å². The fraction of sp³-hybridized carbons (Fsp3) is 0.167.